The second-order valence-corrected chi connectivity index (χ2v) is 6.59. The van der Waals surface area contributed by atoms with Gasteiger partial charge in [0.05, 0.1) is 19.3 Å². The van der Waals surface area contributed by atoms with Gasteiger partial charge in [-0.05, 0) is 43.2 Å². The van der Waals surface area contributed by atoms with Crippen molar-refractivity contribution in [2.24, 2.45) is 0 Å². The fourth-order valence-corrected chi connectivity index (χ4v) is 2.92. The van der Waals surface area contributed by atoms with Gasteiger partial charge in [-0.2, -0.15) is 0 Å². The number of rotatable bonds is 7. The summed E-state index contributed by atoms with van der Waals surface area (Å²) < 4.78 is 16.9. The number of ether oxygens (including phenoxy) is 2. The molecular formula is C19H20N2O3S. The van der Waals surface area contributed by atoms with E-state index in [1.54, 1.807) is 7.11 Å². The summed E-state index contributed by atoms with van der Waals surface area (Å²) in [6.45, 7) is 4.67. The Balaban J connectivity index is 1.56. The van der Waals surface area contributed by atoms with Gasteiger partial charge in [0.2, 0.25) is 0 Å². The molecule has 1 aromatic heterocycles. The first-order chi connectivity index (χ1) is 12.2. The van der Waals surface area contributed by atoms with Crippen molar-refractivity contribution in [2.75, 3.05) is 19.5 Å². The van der Waals surface area contributed by atoms with Crippen LogP contribution in [0.3, 0.4) is 0 Å². The molecular weight excluding hydrogens is 336 g/mol. The summed E-state index contributed by atoms with van der Waals surface area (Å²) >= 11 is 1.47. The molecule has 0 aliphatic rings. The maximum Gasteiger partial charge on any atom is 0.276 e. The van der Waals surface area contributed by atoms with Crippen molar-refractivity contribution in [3.8, 4) is 23.0 Å². The van der Waals surface area contributed by atoms with E-state index < -0.39 is 0 Å². The lowest BCUT2D eigenvalue weighted by Crippen LogP contribution is -2.01. The molecule has 0 aliphatic carbocycles. The average molecular weight is 356 g/mol. The molecule has 0 saturated carbocycles. The molecule has 5 nitrogen and oxygen atoms in total. The minimum absolute atomic E-state index is 0.454. The van der Waals surface area contributed by atoms with Gasteiger partial charge in [-0.1, -0.05) is 36.0 Å². The van der Waals surface area contributed by atoms with Crippen LogP contribution in [0.5, 0.6) is 11.5 Å². The van der Waals surface area contributed by atoms with Crippen molar-refractivity contribution < 1.29 is 13.9 Å². The normalized spacial score (nSPS) is 10.7. The van der Waals surface area contributed by atoms with Gasteiger partial charge in [0.25, 0.3) is 11.1 Å². The molecule has 0 saturated heterocycles. The Morgan fingerprint density at radius 2 is 1.88 bits per heavy atom. The molecule has 0 bridgehead atoms. The van der Waals surface area contributed by atoms with Gasteiger partial charge in [-0.25, -0.2) is 0 Å². The number of aromatic nitrogens is 2. The number of aryl methyl sites for hydroxylation is 2. The zero-order valence-electron chi connectivity index (χ0n) is 14.5. The number of hydrogen-bond donors (Lipinski definition) is 0. The van der Waals surface area contributed by atoms with Crippen LogP contribution in [0.2, 0.25) is 0 Å². The molecule has 0 fully saturated rings. The third-order valence-corrected chi connectivity index (χ3v) is 4.44. The molecule has 130 valence electrons. The Labute approximate surface area is 151 Å². The Morgan fingerprint density at radius 3 is 2.72 bits per heavy atom. The van der Waals surface area contributed by atoms with Crippen LogP contribution in [0.1, 0.15) is 11.1 Å². The molecule has 0 atom stereocenters. The van der Waals surface area contributed by atoms with E-state index in [4.69, 9.17) is 13.9 Å². The number of benzene rings is 2. The molecule has 0 N–H and O–H groups in total. The maximum absolute atomic E-state index is 5.84. The molecule has 2 aromatic carbocycles. The lowest BCUT2D eigenvalue weighted by Gasteiger charge is -2.08. The van der Waals surface area contributed by atoms with Crippen LogP contribution >= 0.6 is 11.8 Å². The Morgan fingerprint density at radius 1 is 1.04 bits per heavy atom. The minimum Gasteiger partial charge on any atom is -0.496 e. The maximum atomic E-state index is 5.84. The molecule has 0 aliphatic heterocycles. The highest BCUT2D eigenvalue weighted by Crippen LogP contribution is 2.30. The van der Waals surface area contributed by atoms with E-state index >= 15 is 0 Å². The SMILES string of the molecule is COc1ccccc1-c1nnc(SCCOc2cc(C)ccc2C)o1. The van der Waals surface area contributed by atoms with Gasteiger partial charge in [-0.15, -0.1) is 10.2 Å². The monoisotopic (exact) mass is 356 g/mol. The highest BCUT2D eigenvalue weighted by molar-refractivity contribution is 7.99. The second-order valence-electron chi connectivity index (χ2n) is 5.54. The average Bonchev–Trinajstić information content (AvgIpc) is 3.10. The van der Waals surface area contributed by atoms with Gasteiger partial charge in [-0.3, -0.25) is 0 Å². The minimum atomic E-state index is 0.454. The van der Waals surface area contributed by atoms with Crippen LogP contribution in [0, 0.1) is 13.8 Å². The van der Waals surface area contributed by atoms with E-state index in [9.17, 15) is 0 Å². The quantitative estimate of drug-likeness (QED) is 0.458. The molecule has 3 rings (SSSR count). The number of nitrogens with zero attached hydrogens (tertiary/aromatic N) is 2. The zero-order valence-corrected chi connectivity index (χ0v) is 15.3. The van der Waals surface area contributed by atoms with Crippen LogP contribution in [-0.2, 0) is 0 Å². The topological polar surface area (TPSA) is 57.4 Å². The summed E-state index contributed by atoms with van der Waals surface area (Å²) in [7, 11) is 1.62. The van der Waals surface area contributed by atoms with E-state index in [1.165, 1.54) is 17.3 Å². The van der Waals surface area contributed by atoms with Crippen LogP contribution < -0.4 is 9.47 Å². The predicted molar refractivity (Wildman–Crippen MR) is 98.4 cm³/mol. The summed E-state index contributed by atoms with van der Waals surface area (Å²) in [4.78, 5) is 0. The predicted octanol–water partition coefficient (Wildman–Crippen LogP) is 4.53. The van der Waals surface area contributed by atoms with Crippen molar-refractivity contribution in [1.29, 1.82) is 0 Å². The first-order valence-corrected chi connectivity index (χ1v) is 8.95. The van der Waals surface area contributed by atoms with Gasteiger partial charge in [0.1, 0.15) is 11.5 Å². The van der Waals surface area contributed by atoms with Crippen LogP contribution in [0.4, 0.5) is 0 Å². The van der Waals surface area contributed by atoms with Crippen molar-refractivity contribution in [2.45, 2.75) is 19.1 Å². The number of hydrogen-bond acceptors (Lipinski definition) is 6. The lowest BCUT2D eigenvalue weighted by molar-refractivity contribution is 0.340. The largest absolute Gasteiger partial charge is 0.496 e. The fourth-order valence-electron chi connectivity index (χ4n) is 2.34. The number of methoxy groups -OCH3 is 1. The molecule has 3 aromatic rings. The number of thioether (sulfide) groups is 1. The second kappa shape index (κ2) is 8.07. The van der Waals surface area contributed by atoms with Crippen molar-refractivity contribution >= 4 is 11.8 Å². The Bertz CT molecular complexity index is 848. The van der Waals surface area contributed by atoms with E-state index in [0.29, 0.717) is 23.5 Å². The van der Waals surface area contributed by atoms with Crippen molar-refractivity contribution in [3.05, 3.63) is 53.6 Å². The van der Waals surface area contributed by atoms with E-state index in [2.05, 4.69) is 29.3 Å². The van der Waals surface area contributed by atoms with Gasteiger partial charge >= 0.3 is 0 Å². The van der Waals surface area contributed by atoms with Crippen LogP contribution in [0.15, 0.2) is 52.1 Å². The Hall–Kier alpha value is -2.47. The summed E-state index contributed by atoms with van der Waals surface area (Å²) in [5.74, 6) is 2.80. The van der Waals surface area contributed by atoms with Crippen molar-refractivity contribution in [1.82, 2.24) is 10.2 Å². The first kappa shape index (κ1) is 17.4. The summed E-state index contributed by atoms with van der Waals surface area (Å²) in [5.41, 5.74) is 3.11. The fraction of sp³-hybridized carbons (Fsp3) is 0.263. The van der Waals surface area contributed by atoms with Crippen LogP contribution in [0.25, 0.3) is 11.5 Å². The molecule has 1 heterocycles. The van der Waals surface area contributed by atoms with Gasteiger partial charge in [0, 0.05) is 5.75 Å². The standard InChI is InChI=1S/C19H20N2O3S/c1-13-8-9-14(2)17(12-13)23-10-11-25-19-21-20-18(24-19)15-6-4-5-7-16(15)22-3/h4-9,12H,10-11H2,1-3H3. The van der Waals surface area contributed by atoms with E-state index in [1.807, 2.05) is 37.3 Å². The number of para-hydroxylation sites is 1. The third-order valence-electron chi connectivity index (χ3n) is 3.65. The van der Waals surface area contributed by atoms with E-state index in [0.717, 1.165) is 22.6 Å². The molecule has 0 unspecified atom stereocenters. The van der Waals surface area contributed by atoms with Crippen molar-refractivity contribution in [3.63, 3.8) is 0 Å². The van der Waals surface area contributed by atoms with Gasteiger partial charge in [0.15, 0.2) is 0 Å². The molecule has 0 radical (unpaired) electrons. The smallest absolute Gasteiger partial charge is 0.276 e. The molecule has 6 heteroatoms. The lowest BCUT2D eigenvalue weighted by atomic mass is 10.1. The first-order valence-electron chi connectivity index (χ1n) is 7.97. The third kappa shape index (κ3) is 4.33. The summed E-state index contributed by atoms with van der Waals surface area (Å²) in [6, 6.07) is 13.8. The highest BCUT2D eigenvalue weighted by Gasteiger charge is 2.13. The van der Waals surface area contributed by atoms with E-state index in [-0.39, 0.29) is 0 Å². The zero-order chi connectivity index (χ0) is 17.6. The molecule has 0 amide bonds. The summed E-state index contributed by atoms with van der Waals surface area (Å²) in [6.07, 6.45) is 0. The van der Waals surface area contributed by atoms with Crippen LogP contribution in [-0.4, -0.2) is 29.7 Å². The van der Waals surface area contributed by atoms with Gasteiger partial charge < -0.3 is 13.9 Å². The molecule has 0 spiro atoms. The highest BCUT2D eigenvalue weighted by atomic mass is 32.2. The summed E-state index contributed by atoms with van der Waals surface area (Å²) in [5, 5.41) is 8.70. The Kier molecular flexibility index (Phi) is 5.60. The molecule has 25 heavy (non-hydrogen) atoms.